The Morgan fingerprint density at radius 2 is 1.68 bits per heavy atom. The molecule has 2 aromatic carbocycles. The van der Waals surface area contributed by atoms with Gasteiger partial charge in [-0.15, -0.1) is 23.7 Å². The predicted molar refractivity (Wildman–Crippen MR) is 125 cm³/mol. The second-order valence-electron chi connectivity index (χ2n) is 6.67. The number of hydrogen-bond donors (Lipinski definition) is 0. The summed E-state index contributed by atoms with van der Waals surface area (Å²) in [5.74, 6) is 0. The molecular weight excluding hydrogens is 453 g/mol. The Balaban J connectivity index is 0.00000225. The molecule has 0 aliphatic carbocycles. The van der Waals surface area contributed by atoms with E-state index in [-0.39, 0.29) is 12.4 Å². The highest BCUT2D eigenvalue weighted by molar-refractivity contribution is 7.99. The van der Waals surface area contributed by atoms with Crippen LogP contribution in [0.5, 0.6) is 0 Å². The minimum absolute atomic E-state index is 0. The predicted octanol–water partition coefficient (Wildman–Crippen LogP) is 7.35. The van der Waals surface area contributed by atoms with Crippen molar-refractivity contribution in [1.29, 1.82) is 0 Å². The maximum absolute atomic E-state index is 6.35. The normalized spacial score (nSPS) is 12.0. The monoisotopic (exact) mass is 471 g/mol. The summed E-state index contributed by atoms with van der Waals surface area (Å²) in [7, 11) is 4.11. The molecule has 3 aromatic rings. The van der Waals surface area contributed by atoms with Crippen LogP contribution in [0.1, 0.15) is 4.88 Å². The number of benzene rings is 2. The Morgan fingerprint density at radius 1 is 0.929 bits per heavy atom. The fourth-order valence-corrected chi connectivity index (χ4v) is 5.74. The molecule has 0 N–H and O–H groups in total. The lowest BCUT2D eigenvalue weighted by molar-refractivity contribution is 0.107. The second-order valence-corrected chi connectivity index (χ2v) is 9.71. The fourth-order valence-electron chi connectivity index (χ4n) is 3.02. The van der Waals surface area contributed by atoms with Crippen molar-refractivity contribution >= 4 is 58.7 Å². The molecule has 28 heavy (non-hydrogen) atoms. The summed E-state index contributed by atoms with van der Waals surface area (Å²) in [6.07, 6.45) is 0. The first-order valence-electron chi connectivity index (χ1n) is 8.65. The first-order valence-corrected chi connectivity index (χ1v) is 11.0. The molecule has 0 radical (unpaired) electrons. The number of ether oxygens (including phenoxy) is 1. The van der Waals surface area contributed by atoms with Crippen LogP contribution in [0.2, 0.25) is 10.0 Å². The van der Waals surface area contributed by atoms with Gasteiger partial charge < -0.3 is 9.64 Å². The maximum atomic E-state index is 6.35. The van der Waals surface area contributed by atoms with E-state index in [9.17, 15) is 0 Å². The quantitative estimate of drug-likeness (QED) is 0.282. The van der Waals surface area contributed by atoms with E-state index in [2.05, 4.69) is 49.3 Å². The lowest BCUT2D eigenvalue weighted by atomic mass is 10.0. The summed E-state index contributed by atoms with van der Waals surface area (Å²) in [6.45, 7) is 2.26. The molecule has 0 atom stereocenters. The van der Waals surface area contributed by atoms with Crippen molar-refractivity contribution in [3.63, 3.8) is 0 Å². The molecule has 2 nitrogen and oxygen atoms in total. The molecule has 1 aliphatic rings. The van der Waals surface area contributed by atoms with E-state index in [1.165, 1.54) is 25.8 Å². The Bertz CT molecular complexity index is 988. The summed E-state index contributed by atoms with van der Waals surface area (Å²) in [5, 5.41) is 1.18. The molecular formula is C21H20Cl3NOS2. The van der Waals surface area contributed by atoms with Crippen LogP contribution in [-0.4, -0.2) is 32.1 Å². The van der Waals surface area contributed by atoms with Crippen molar-refractivity contribution in [2.75, 3.05) is 27.2 Å². The van der Waals surface area contributed by atoms with Crippen LogP contribution >= 0.6 is 58.7 Å². The zero-order chi connectivity index (χ0) is 19.0. The maximum Gasteiger partial charge on any atom is 0.0810 e. The number of rotatable bonds is 5. The van der Waals surface area contributed by atoms with Crippen LogP contribution in [-0.2, 0) is 11.3 Å². The van der Waals surface area contributed by atoms with Crippen molar-refractivity contribution in [2.24, 2.45) is 0 Å². The summed E-state index contributed by atoms with van der Waals surface area (Å²) >= 11 is 16.2. The first kappa shape index (κ1) is 22.0. The molecule has 0 saturated carbocycles. The number of thiophene rings is 1. The molecule has 0 spiro atoms. The van der Waals surface area contributed by atoms with Crippen LogP contribution in [0.15, 0.2) is 52.3 Å². The zero-order valence-corrected chi connectivity index (χ0v) is 19.5. The molecule has 7 heteroatoms. The van der Waals surface area contributed by atoms with Gasteiger partial charge in [-0.05, 0) is 43.9 Å². The average Bonchev–Trinajstić information content (AvgIpc) is 3.01. The van der Waals surface area contributed by atoms with Gasteiger partial charge in [-0.1, -0.05) is 53.2 Å². The topological polar surface area (TPSA) is 12.5 Å². The van der Waals surface area contributed by atoms with Crippen LogP contribution in [0.3, 0.4) is 0 Å². The molecule has 2 heterocycles. The van der Waals surface area contributed by atoms with E-state index in [0.29, 0.717) is 16.7 Å². The van der Waals surface area contributed by atoms with Crippen LogP contribution in [0.4, 0.5) is 0 Å². The molecule has 0 bridgehead atoms. The number of likely N-dealkylation sites (N-methyl/N-ethyl adjacent to an activating group) is 1. The first-order chi connectivity index (χ1) is 13.0. The molecule has 1 aromatic heterocycles. The van der Waals surface area contributed by atoms with Crippen molar-refractivity contribution < 1.29 is 4.74 Å². The smallest absolute Gasteiger partial charge is 0.0810 e. The summed E-state index contributed by atoms with van der Waals surface area (Å²) < 4.78 is 5.87. The van der Waals surface area contributed by atoms with Crippen molar-refractivity contribution in [3.8, 4) is 21.6 Å². The largest absolute Gasteiger partial charge is 0.375 e. The van der Waals surface area contributed by atoms with Gasteiger partial charge in [-0.3, -0.25) is 0 Å². The van der Waals surface area contributed by atoms with Gasteiger partial charge in [0.15, 0.2) is 0 Å². The SMILES string of the molecule is CN(C)CCOCc1cc2c(s1)-c1cc(Cl)c(Cl)cc1Sc1ccccc1-2.Cl. The zero-order valence-electron chi connectivity index (χ0n) is 15.5. The van der Waals surface area contributed by atoms with Crippen molar-refractivity contribution in [1.82, 2.24) is 4.90 Å². The van der Waals surface area contributed by atoms with Crippen LogP contribution in [0.25, 0.3) is 21.6 Å². The van der Waals surface area contributed by atoms with Gasteiger partial charge >= 0.3 is 0 Å². The van der Waals surface area contributed by atoms with Gasteiger partial charge in [-0.2, -0.15) is 0 Å². The molecule has 4 rings (SSSR count). The third-order valence-corrected chi connectivity index (χ3v) is 7.37. The number of halogens is 3. The average molecular weight is 473 g/mol. The van der Waals surface area contributed by atoms with Gasteiger partial charge in [0.25, 0.3) is 0 Å². The Hall–Kier alpha value is -0.720. The minimum atomic E-state index is 0. The molecule has 0 saturated heterocycles. The number of fused-ring (bicyclic) bond motifs is 5. The summed E-state index contributed by atoms with van der Waals surface area (Å²) in [6, 6.07) is 14.7. The Labute approximate surface area is 190 Å². The Morgan fingerprint density at radius 3 is 2.46 bits per heavy atom. The minimum Gasteiger partial charge on any atom is -0.375 e. The van der Waals surface area contributed by atoms with E-state index >= 15 is 0 Å². The highest BCUT2D eigenvalue weighted by Crippen LogP contribution is 2.52. The number of hydrogen-bond acceptors (Lipinski definition) is 4. The second kappa shape index (κ2) is 9.40. The lowest BCUT2D eigenvalue weighted by Gasteiger charge is -2.09. The molecule has 148 valence electrons. The number of nitrogens with zero attached hydrogens (tertiary/aromatic N) is 1. The third-order valence-electron chi connectivity index (χ3n) is 4.37. The summed E-state index contributed by atoms with van der Waals surface area (Å²) in [4.78, 5) is 6.94. The van der Waals surface area contributed by atoms with Gasteiger partial charge in [0.05, 0.1) is 23.3 Å². The van der Waals surface area contributed by atoms with Gasteiger partial charge in [-0.25, -0.2) is 0 Å². The summed E-state index contributed by atoms with van der Waals surface area (Å²) in [5.41, 5.74) is 3.63. The third kappa shape index (κ3) is 4.54. The van der Waals surface area contributed by atoms with Crippen molar-refractivity contribution in [3.05, 3.63) is 57.4 Å². The lowest BCUT2D eigenvalue weighted by Crippen LogP contribution is -2.17. The molecule has 0 fully saturated rings. The molecule has 1 aliphatic heterocycles. The highest BCUT2D eigenvalue weighted by Gasteiger charge is 2.23. The van der Waals surface area contributed by atoms with E-state index in [0.717, 1.165) is 23.6 Å². The van der Waals surface area contributed by atoms with E-state index in [1.807, 2.05) is 12.1 Å². The van der Waals surface area contributed by atoms with E-state index < -0.39 is 0 Å². The highest BCUT2D eigenvalue weighted by atomic mass is 35.5. The van der Waals surface area contributed by atoms with E-state index in [1.54, 1.807) is 23.1 Å². The van der Waals surface area contributed by atoms with Crippen LogP contribution in [0, 0.1) is 0 Å². The van der Waals surface area contributed by atoms with Gasteiger partial charge in [0, 0.05) is 37.2 Å². The Kier molecular flexibility index (Phi) is 7.37. The van der Waals surface area contributed by atoms with Gasteiger partial charge in [0.1, 0.15) is 0 Å². The standard InChI is InChI=1S/C21H19Cl2NOS2.ClH/c1-24(2)7-8-25-12-13-9-15-14-5-3-4-6-19(14)27-20-11-18(23)17(22)10-16(20)21(15)26-13;/h3-6,9-11H,7-8,12H2,1-2H3;1H. The molecule has 0 amide bonds. The van der Waals surface area contributed by atoms with E-state index in [4.69, 9.17) is 27.9 Å². The van der Waals surface area contributed by atoms with Crippen molar-refractivity contribution in [2.45, 2.75) is 16.4 Å². The van der Waals surface area contributed by atoms with Crippen LogP contribution < -0.4 is 0 Å². The fraction of sp³-hybridized carbons (Fsp3) is 0.238. The van der Waals surface area contributed by atoms with Gasteiger partial charge in [0.2, 0.25) is 0 Å². The molecule has 0 unspecified atom stereocenters.